The Kier molecular flexibility index (Phi) is 5.94. The Balaban J connectivity index is 1.82. The summed E-state index contributed by atoms with van der Waals surface area (Å²) in [5.74, 6) is 5.89. The highest BCUT2D eigenvalue weighted by Gasteiger charge is 2.08. The Morgan fingerprint density at radius 1 is 1.00 bits per heavy atom. The molecule has 0 aliphatic carbocycles. The van der Waals surface area contributed by atoms with Gasteiger partial charge in [-0.2, -0.15) is 0 Å². The largest absolute Gasteiger partial charge is 0.507 e. The van der Waals surface area contributed by atoms with Crippen molar-refractivity contribution in [2.75, 3.05) is 7.11 Å². The van der Waals surface area contributed by atoms with Crippen LogP contribution >= 0.6 is 0 Å². The highest BCUT2D eigenvalue weighted by atomic mass is 16.5. The van der Waals surface area contributed by atoms with Crippen molar-refractivity contribution in [2.24, 2.45) is 0 Å². The summed E-state index contributed by atoms with van der Waals surface area (Å²) in [5, 5.41) is 10.3. The fourth-order valence-corrected chi connectivity index (χ4v) is 2.80. The minimum Gasteiger partial charge on any atom is -0.507 e. The van der Waals surface area contributed by atoms with E-state index in [-0.39, 0.29) is 11.7 Å². The number of allylic oxidation sites excluding steroid dienone is 1. The maximum atomic E-state index is 11.4. The van der Waals surface area contributed by atoms with Crippen molar-refractivity contribution in [3.63, 3.8) is 0 Å². The van der Waals surface area contributed by atoms with E-state index >= 15 is 0 Å². The molecule has 3 rings (SSSR count). The van der Waals surface area contributed by atoms with Gasteiger partial charge < -0.3 is 9.84 Å². The van der Waals surface area contributed by atoms with Gasteiger partial charge in [0.05, 0.1) is 12.7 Å². The number of carbonyl (C=O) groups excluding carboxylic acids is 1. The molecule has 0 spiro atoms. The summed E-state index contributed by atoms with van der Waals surface area (Å²) < 4.78 is 4.68. The second-order valence-corrected chi connectivity index (χ2v) is 6.28. The van der Waals surface area contributed by atoms with Crippen molar-refractivity contribution < 1.29 is 14.6 Å². The molecule has 0 saturated heterocycles. The van der Waals surface area contributed by atoms with Gasteiger partial charge >= 0.3 is 5.97 Å². The molecule has 0 atom stereocenters. The summed E-state index contributed by atoms with van der Waals surface area (Å²) in [4.78, 5) is 11.4. The Labute approximate surface area is 164 Å². The predicted molar refractivity (Wildman–Crippen MR) is 112 cm³/mol. The van der Waals surface area contributed by atoms with Gasteiger partial charge in [0.25, 0.3) is 0 Å². The number of carbonyl (C=O) groups is 1. The highest BCUT2D eigenvalue weighted by molar-refractivity contribution is 5.89. The lowest BCUT2D eigenvalue weighted by atomic mass is 9.97. The maximum absolute atomic E-state index is 11.4. The van der Waals surface area contributed by atoms with Crippen LogP contribution in [-0.2, 0) is 4.74 Å². The lowest BCUT2D eigenvalue weighted by Crippen LogP contribution is -2.00. The average Bonchev–Trinajstić information content (AvgIpc) is 2.72. The van der Waals surface area contributed by atoms with E-state index in [0.29, 0.717) is 5.56 Å². The second kappa shape index (κ2) is 8.75. The summed E-state index contributed by atoms with van der Waals surface area (Å²) in [6.07, 6.45) is 3.63. The Hall–Kier alpha value is -3.77. The monoisotopic (exact) mass is 368 g/mol. The predicted octanol–water partition coefficient (Wildman–Crippen LogP) is 5.22. The van der Waals surface area contributed by atoms with Crippen molar-refractivity contribution in [3.8, 4) is 28.7 Å². The van der Waals surface area contributed by atoms with E-state index in [1.807, 2.05) is 49.4 Å². The molecule has 0 fully saturated rings. The van der Waals surface area contributed by atoms with Crippen LogP contribution in [0.2, 0.25) is 0 Å². The maximum Gasteiger partial charge on any atom is 0.337 e. The van der Waals surface area contributed by atoms with Crippen molar-refractivity contribution in [1.82, 2.24) is 0 Å². The molecule has 1 N–H and O–H groups in total. The number of phenolic OH excluding ortho intramolecular Hbond substituents is 1. The first-order valence-electron chi connectivity index (χ1n) is 8.84. The molecule has 0 amide bonds. The van der Waals surface area contributed by atoms with Gasteiger partial charge in [-0.1, -0.05) is 53.8 Å². The number of rotatable bonds is 3. The Morgan fingerprint density at radius 2 is 1.71 bits per heavy atom. The lowest BCUT2D eigenvalue weighted by molar-refractivity contribution is 0.0600. The molecule has 138 valence electrons. The highest BCUT2D eigenvalue weighted by Crippen LogP contribution is 2.33. The van der Waals surface area contributed by atoms with Gasteiger partial charge in [0.2, 0.25) is 0 Å². The minimum absolute atomic E-state index is 0.234. The van der Waals surface area contributed by atoms with E-state index in [4.69, 9.17) is 0 Å². The zero-order valence-corrected chi connectivity index (χ0v) is 15.8. The third-order valence-electron chi connectivity index (χ3n) is 4.28. The van der Waals surface area contributed by atoms with E-state index in [1.165, 1.54) is 12.7 Å². The Morgan fingerprint density at radius 3 is 2.39 bits per heavy atom. The molecule has 0 saturated carbocycles. The van der Waals surface area contributed by atoms with Crippen LogP contribution in [0.5, 0.6) is 5.75 Å². The standard InChI is InChI=1S/C25H20O3/c1-18-10-14-21(15-11-18)24-20(8-5-9-23(24)26)7-4-3-6-19-12-16-22(17-13-19)25(27)28-2/h4-5,7-17,26H,1-2H3/b7-4+. The molecule has 0 unspecified atom stereocenters. The van der Waals surface area contributed by atoms with Crippen LogP contribution < -0.4 is 0 Å². The topological polar surface area (TPSA) is 46.5 Å². The number of benzene rings is 3. The van der Waals surface area contributed by atoms with Gasteiger partial charge in [-0.25, -0.2) is 4.79 Å². The molecule has 3 nitrogen and oxygen atoms in total. The van der Waals surface area contributed by atoms with E-state index in [0.717, 1.165) is 22.3 Å². The van der Waals surface area contributed by atoms with Gasteiger partial charge in [-0.3, -0.25) is 0 Å². The molecule has 0 aliphatic rings. The van der Waals surface area contributed by atoms with Crippen LogP contribution in [0, 0.1) is 18.8 Å². The van der Waals surface area contributed by atoms with Crippen molar-refractivity contribution in [3.05, 3.63) is 95.1 Å². The molecule has 0 radical (unpaired) electrons. The van der Waals surface area contributed by atoms with Gasteiger partial charge in [-0.15, -0.1) is 0 Å². The van der Waals surface area contributed by atoms with Crippen molar-refractivity contribution in [1.29, 1.82) is 0 Å². The fourth-order valence-electron chi connectivity index (χ4n) is 2.80. The zero-order chi connectivity index (χ0) is 19.9. The average molecular weight is 368 g/mol. The third kappa shape index (κ3) is 4.49. The number of hydrogen-bond donors (Lipinski definition) is 1. The SMILES string of the molecule is COC(=O)c1ccc(C#C/C=C/c2cccc(O)c2-c2ccc(C)cc2)cc1. The second-order valence-electron chi connectivity index (χ2n) is 6.28. The lowest BCUT2D eigenvalue weighted by Gasteiger charge is -2.09. The van der Waals surface area contributed by atoms with Crippen LogP contribution in [0.1, 0.15) is 27.0 Å². The first kappa shape index (κ1) is 19.0. The molecule has 0 aromatic heterocycles. The molecular formula is C25H20O3. The van der Waals surface area contributed by atoms with Crippen LogP contribution in [0.3, 0.4) is 0 Å². The molecule has 0 aliphatic heterocycles. The van der Waals surface area contributed by atoms with E-state index in [1.54, 1.807) is 36.4 Å². The quantitative estimate of drug-likeness (QED) is 0.509. The molecule has 0 heterocycles. The first-order valence-corrected chi connectivity index (χ1v) is 8.84. The summed E-state index contributed by atoms with van der Waals surface area (Å²) >= 11 is 0. The van der Waals surface area contributed by atoms with Crippen LogP contribution in [0.15, 0.2) is 72.8 Å². The number of esters is 1. The summed E-state index contributed by atoms with van der Waals surface area (Å²) in [5.41, 5.74) is 5.08. The smallest absolute Gasteiger partial charge is 0.337 e. The summed E-state index contributed by atoms with van der Waals surface area (Å²) in [7, 11) is 1.35. The summed E-state index contributed by atoms with van der Waals surface area (Å²) in [6, 6.07) is 20.4. The number of phenols is 1. The first-order chi connectivity index (χ1) is 13.6. The Bertz CT molecular complexity index is 1060. The number of aromatic hydroxyl groups is 1. The minimum atomic E-state index is -0.369. The van der Waals surface area contributed by atoms with E-state index < -0.39 is 0 Å². The van der Waals surface area contributed by atoms with Crippen molar-refractivity contribution >= 4 is 12.0 Å². The van der Waals surface area contributed by atoms with Gasteiger partial charge in [0, 0.05) is 11.1 Å². The number of hydrogen-bond acceptors (Lipinski definition) is 3. The van der Waals surface area contributed by atoms with Crippen LogP contribution in [-0.4, -0.2) is 18.2 Å². The zero-order valence-electron chi connectivity index (χ0n) is 15.8. The molecule has 3 heteroatoms. The van der Waals surface area contributed by atoms with E-state index in [9.17, 15) is 9.90 Å². The number of ether oxygens (including phenoxy) is 1. The number of aryl methyl sites for hydroxylation is 1. The van der Waals surface area contributed by atoms with Gasteiger partial charge in [0.15, 0.2) is 0 Å². The van der Waals surface area contributed by atoms with Crippen LogP contribution in [0.4, 0.5) is 0 Å². The van der Waals surface area contributed by atoms with Gasteiger partial charge in [-0.05, 0) is 60.5 Å². The molecular weight excluding hydrogens is 348 g/mol. The molecule has 3 aromatic carbocycles. The summed E-state index contributed by atoms with van der Waals surface area (Å²) in [6.45, 7) is 2.03. The van der Waals surface area contributed by atoms with Crippen LogP contribution in [0.25, 0.3) is 17.2 Å². The normalized spacial score (nSPS) is 10.4. The molecule has 0 bridgehead atoms. The van der Waals surface area contributed by atoms with Crippen molar-refractivity contribution in [2.45, 2.75) is 6.92 Å². The fraction of sp³-hybridized carbons (Fsp3) is 0.0800. The molecule has 3 aromatic rings. The third-order valence-corrected chi connectivity index (χ3v) is 4.28. The van der Waals surface area contributed by atoms with E-state index in [2.05, 4.69) is 16.6 Å². The molecule has 28 heavy (non-hydrogen) atoms. The van der Waals surface area contributed by atoms with Gasteiger partial charge in [0.1, 0.15) is 5.75 Å². The number of methoxy groups -OCH3 is 1.